The molecule has 1 unspecified atom stereocenters. The van der Waals surface area contributed by atoms with Crippen molar-refractivity contribution < 1.29 is 9.53 Å². The smallest absolute Gasteiger partial charge is 0.323 e. The van der Waals surface area contributed by atoms with Crippen LogP contribution in [0.2, 0.25) is 0 Å². The molecule has 112 valence electrons. The van der Waals surface area contributed by atoms with Crippen molar-refractivity contribution >= 4 is 17.8 Å². The monoisotopic (exact) mass is 282 g/mol. The highest BCUT2D eigenvalue weighted by Gasteiger charge is 2.16. The lowest BCUT2D eigenvalue weighted by Gasteiger charge is -2.16. The van der Waals surface area contributed by atoms with Crippen molar-refractivity contribution in [2.24, 2.45) is 0 Å². The molecule has 0 aliphatic rings. The van der Waals surface area contributed by atoms with Crippen LogP contribution >= 0.6 is 0 Å². The van der Waals surface area contributed by atoms with E-state index in [1.165, 1.54) is 0 Å². The van der Waals surface area contributed by atoms with Crippen molar-refractivity contribution in [3.05, 3.63) is 0 Å². The Kier molecular flexibility index (Phi) is 5.95. The Balaban J connectivity index is 2.80. The van der Waals surface area contributed by atoms with Crippen LogP contribution in [0.4, 0.5) is 11.9 Å². The van der Waals surface area contributed by atoms with Gasteiger partial charge in [-0.3, -0.25) is 4.79 Å². The van der Waals surface area contributed by atoms with Gasteiger partial charge in [0.05, 0.1) is 6.61 Å². The number of amides is 1. The average Bonchev–Trinajstić information content (AvgIpc) is 2.37. The highest BCUT2D eigenvalue weighted by molar-refractivity contribution is 5.83. The molecule has 0 bridgehead atoms. The van der Waals surface area contributed by atoms with E-state index in [2.05, 4.69) is 30.9 Å². The van der Waals surface area contributed by atoms with E-state index in [9.17, 15) is 4.79 Å². The Morgan fingerprint density at radius 2 is 1.85 bits per heavy atom. The van der Waals surface area contributed by atoms with Gasteiger partial charge in [-0.25, -0.2) is 0 Å². The summed E-state index contributed by atoms with van der Waals surface area (Å²) in [6, 6.07) is -0.165. The zero-order valence-corrected chi connectivity index (χ0v) is 12.5. The molecule has 1 atom stereocenters. The molecule has 0 aliphatic heterocycles. The van der Waals surface area contributed by atoms with Crippen molar-refractivity contribution in [2.45, 2.75) is 39.8 Å². The largest absolute Gasteiger partial charge is 0.464 e. The molecule has 1 aromatic rings. The van der Waals surface area contributed by atoms with Crippen molar-refractivity contribution in [1.82, 2.24) is 20.3 Å². The molecule has 0 saturated carbocycles. The molecule has 20 heavy (non-hydrogen) atoms. The lowest BCUT2D eigenvalue weighted by molar-refractivity contribution is -0.122. The third kappa shape index (κ3) is 4.87. The highest BCUT2D eigenvalue weighted by atomic mass is 16.5. The Labute approximate surface area is 118 Å². The van der Waals surface area contributed by atoms with Crippen molar-refractivity contribution in [3.63, 3.8) is 0 Å². The standard InChI is InChI=1S/C12H22N6O2/c1-6-20-12-17-10(13-5)16-11(18-12)15-8(4)9(19)14-7(2)3/h7-8H,6H2,1-5H3,(H,14,19)(H2,13,15,16,17,18). The van der Waals surface area contributed by atoms with Crippen LogP contribution in [0.25, 0.3) is 0 Å². The van der Waals surface area contributed by atoms with E-state index in [-0.39, 0.29) is 18.0 Å². The van der Waals surface area contributed by atoms with E-state index in [0.717, 1.165) is 0 Å². The SMILES string of the molecule is CCOc1nc(NC)nc(NC(C)C(=O)NC(C)C)n1. The summed E-state index contributed by atoms with van der Waals surface area (Å²) < 4.78 is 5.25. The van der Waals surface area contributed by atoms with Crippen LogP contribution in [0.1, 0.15) is 27.7 Å². The molecule has 0 aliphatic carbocycles. The lowest BCUT2D eigenvalue weighted by atomic mass is 10.3. The summed E-state index contributed by atoms with van der Waals surface area (Å²) in [5, 5.41) is 8.56. The number of nitrogens with zero attached hydrogens (tertiary/aromatic N) is 3. The number of rotatable bonds is 7. The minimum Gasteiger partial charge on any atom is -0.464 e. The minimum absolute atomic E-state index is 0.0805. The van der Waals surface area contributed by atoms with Crippen LogP contribution in [0, 0.1) is 0 Å². The maximum atomic E-state index is 11.8. The number of hydrogen-bond donors (Lipinski definition) is 3. The second-order valence-corrected chi connectivity index (χ2v) is 4.48. The van der Waals surface area contributed by atoms with E-state index in [4.69, 9.17) is 4.74 Å². The predicted octanol–water partition coefficient (Wildman–Crippen LogP) is 0.637. The topological polar surface area (TPSA) is 101 Å². The maximum absolute atomic E-state index is 11.8. The molecule has 1 rings (SSSR count). The molecule has 0 saturated heterocycles. The molecule has 0 aromatic carbocycles. The van der Waals surface area contributed by atoms with Crippen molar-refractivity contribution in [2.75, 3.05) is 24.3 Å². The number of ether oxygens (including phenoxy) is 1. The van der Waals surface area contributed by atoms with Crippen LogP contribution in [0.5, 0.6) is 6.01 Å². The Bertz CT molecular complexity index is 452. The summed E-state index contributed by atoms with van der Waals surface area (Å²) in [4.78, 5) is 24.1. The van der Waals surface area contributed by atoms with Gasteiger partial charge in [-0.2, -0.15) is 15.0 Å². The molecule has 0 spiro atoms. The zero-order valence-electron chi connectivity index (χ0n) is 12.5. The molecule has 1 amide bonds. The normalized spacial score (nSPS) is 11.9. The first-order valence-electron chi connectivity index (χ1n) is 6.59. The van der Waals surface area contributed by atoms with E-state index in [1.807, 2.05) is 20.8 Å². The number of anilines is 2. The van der Waals surface area contributed by atoms with Gasteiger partial charge in [0.1, 0.15) is 6.04 Å². The van der Waals surface area contributed by atoms with Crippen LogP contribution in [-0.2, 0) is 4.79 Å². The van der Waals surface area contributed by atoms with E-state index < -0.39 is 6.04 Å². The summed E-state index contributed by atoms with van der Waals surface area (Å²) in [5.74, 6) is 0.547. The van der Waals surface area contributed by atoms with Gasteiger partial charge < -0.3 is 20.7 Å². The fourth-order valence-electron chi connectivity index (χ4n) is 1.40. The Hall–Kier alpha value is -2.12. The van der Waals surface area contributed by atoms with E-state index >= 15 is 0 Å². The van der Waals surface area contributed by atoms with Crippen LogP contribution in [0.15, 0.2) is 0 Å². The molecular weight excluding hydrogens is 260 g/mol. The predicted molar refractivity (Wildman–Crippen MR) is 76.9 cm³/mol. The van der Waals surface area contributed by atoms with E-state index in [1.54, 1.807) is 14.0 Å². The van der Waals surface area contributed by atoms with Gasteiger partial charge in [0.2, 0.25) is 17.8 Å². The summed E-state index contributed by atoms with van der Waals surface area (Å²) in [6.07, 6.45) is 0. The van der Waals surface area contributed by atoms with Gasteiger partial charge in [-0.05, 0) is 27.7 Å². The fraction of sp³-hybridized carbons (Fsp3) is 0.667. The first kappa shape index (κ1) is 15.9. The second kappa shape index (κ2) is 7.46. The van der Waals surface area contributed by atoms with Crippen LogP contribution in [0.3, 0.4) is 0 Å². The van der Waals surface area contributed by atoms with Crippen LogP contribution in [-0.4, -0.2) is 46.6 Å². The first-order valence-corrected chi connectivity index (χ1v) is 6.59. The van der Waals surface area contributed by atoms with Crippen molar-refractivity contribution in [3.8, 4) is 6.01 Å². The number of carbonyl (C=O) groups is 1. The number of nitrogens with one attached hydrogen (secondary N) is 3. The third-order valence-electron chi connectivity index (χ3n) is 2.28. The molecule has 1 heterocycles. The molecule has 8 heteroatoms. The highest BCUT2D eigenvalue weighted by Crippen LogP contribution is 2.11. The molecule has 1 aromatic heterocycles. The number of carbonyl (C=O) groups excluding carboxylic acids is 1. The fourth-order valence-corrected chi connectivity index (χ4v) is 1.40. The van der Waals surface area contributed by atoms with E-state index in [0.29, 0.717) is 18.5 Å². The first-order chi connectivity index (χ1) is 9.46. The van der Waals surface area contributed by atoms with Gasteiger partial charge in [-0.1, -0.05) is 0 Å². The maximum Gasteiger partial charge on any atom is 0.323 e. The van der Waals surface area contributed by atoms with Crippen LogP contribution < -0.4 is 20.7 Å². The van der Waals surface area contributed by atoms with Gasteiger partial charge in [-0.15, -0.1) is 0 Å². The summed E-state index contributed by atoms with van der Waals surface area (Å²) in [7, 11) is 1.70. The molecule has 3 N–H and O–H groups in total. The summed E-state index contributed by atoms with van der Waals surface area (Å²) >= 11 is 0. The van der Waals surface area contributed by atoms with Gasteiger partial charge in [0, 0.05) is 13.1 Å². The quantitative estimate of drug-likeness (QED) is 0.674. The minimum atomic E-state index is -0.459. The second-order valence-electron chi connectivity index (χ2n) is 4.48. The average molecular weight is 282 g/mol. The summed E-state index contributed by atoms with van der Waals surface area (Å²) in [5.41, 5.74) is 0. The molecule has 0 radical (unpaired) electrons. The number of aromatic nitrogens is 3. The Morgan fingerprint density at radius 3 is 2.40 bits per heavy atom. The zero-order chi connectivity index (χ0) is 15.1. The molecular formula is C12H22N6O2. The van der Waals surface area contributed by atoms with Gasteiger partial charge in [0.15, 0.2) is 0 Å². The number of hydrogen-bond acceptors (Lipinski definition) is 7. The molecule has 0 fully saturated rings. The van der Waals surface area contributed by atoms with Gasteiger partial charge in [0.25, 0.3) is 0 Å². The third-order valence-corrected chi connectivity index (χ3v) is 2.28. The lowest BCUT2D eigenvalue weighted by Crippen LogP contribution is -2.41. The van der Waals surface area contributed by atoms with Crippen molar-refractivity contribution in [1.29, 1.82) is 0 Å². The van der Waals surface area contributed by atoms with Gasteiger partial charge >= 0.3 is 6.01 Å². The summed E-state index contributed by atoms with van der Waals surface area (Å²) in [6.45, 7) is 7.84. The molecule has 8 nitrogen and oxygen atoms in total. The Morgan fingerprint density at radius 1 is 1.20 bits per heavy atom.